The predicted molar refractivity (Wildman–Crippen MR) is 115 cm³/mol. The number of benzene rings is 1. The first-order valence-electron chi connectivity index (χ1n) is 10.1. The Labute approximate surface area is 171 Å². The van der Waals surface area contributed by atoms with E-state index in [-0.39, 0.29) is 11.1 Å². The van der Waals surface area contributed by atoms with Gasteiger partial charge < -0.3 is 14.3 Å². The third-order valence-electron chi connectivity index (χ3n) is 5.72. The Hall–Kier alpha value is -1.37. The average molecular weight is 408 g/mol. The Morgan fingerprint density at radius 3 is 2.21 bits per heavy atom. The lowest BCUT2D eigenvalue weighted by Crippen LogP contribution is -2.47. The molecule has 1 aromatic rings. The summed E-state index contributed by atoms with van der Waals surface area (Å²) in [6.07, 6.45) is -0.976. The van der Waals surface area contributed by atoms with Crippen molar-refractivity contribution < 1.29 is 19.1 Å². The zero-order valence-electron chi connectivity index (χ0n) is 18.7. The van der Waals surface area contributed by atoms with Gasteiger partial charge in [0, 0.05) is 0 Å². The standard InChI is InChI=1S/C22H37NO4Si/c1-21(2,3)26-20(25)23-15-18(27-28(7,8)22(4,5)6)19(24)17(23)14-16-12-10-9-11-13-16/h9-13,17-19,24H,14-15H2,1-8H3/t17-,18+,19+/m1/s1. The monoisotopic (exact) mass is 407 g/mol. The molecule has 158 valence electrons. The largest absolute Gasteiger partial charge is 0.444 e. The van der Waals surface area contributed by atoms with Crippen LogP contribution in [0.5, 0.6) is 0 Å². The van der Waals surface area contributed by atoms with Gasteiger partial charge in [-0.3, -0.25) is 4.90 Å². The maximum Gasteiger partial charge on any atom is 0.410 e. The molecule has 5 nitrogen and oxygen atoms in total. The van der Waals surface area contributed by atoms with E-state index >= 15 is 0 Å². The number of carbonyl (C=O) groups excluding carboxylic acids is 1. The second-order valence-corrected chi connectivity index (χ2v) is 15.1. The highest BCUT2D eigenvalue weighted by molar-refractivity contribution is 6.74. The quantitative estimate of drug-likeness (QED) is 0.741. The molecule has 0 aliphatic carbocycles. The zero-order valence-corrected chi connectivity index (χ0v) is 19.7. The van der Waals surface area contributed by atoms with Crippen molar-refractivity contribution in [3.8, 4) is 0 Å². The summed E-state index contributed by atoms with van der Waals surface area (Å²) in [7, 11) is -2.08. The molecule has 1 heterocycles. The van der Waals surface area contributed by atoms with Crippen molar-refractivity contribution in [2.45, 2.75) is 89.9 Å². The minimum absolute atomic E-state index is 0.0288. The van der Waals surface area contributed by atoms with Crippen molar-refractivity contribution in [2.24, 2.45) is 0 Å². The number of rotatable bonds is 4. The Balaban J connectivity index is 2.26. The molecule has 1 saturated heterocycles. The van der Waals surface area contributed by atoms with E-state index in [0.29, 0.717) is 13.0 Å². The highest BCUT2D eigenvalue weighted by Crippen LogP contribution is 2.39. The van der Waals surface area contributed by atoms with Crippen molar-refractivity contribution in [2.75, 3.05) is 6.54 Å². The molecule has 2 rings (SSSR count). The summed E-state index contributed by atoms with van der Waals surface area (Å²) in [5, 5.41) is 11.1. The normalized spacial score (nSPS) is 23.8. The molecule has 0 spiro atoms. The van der Waals surface area contributed by atoms with Gasteiger partial charge in [-0.15, -0.1) is 0 Å². The number of carbonyl (C=O) groups is 1. The fourth-order valence-electron chi connectivity index (χ4n) is 3.15. The third kappa shape index (κ3) is 5.58. The summed E-state index contributed by atoms with van der Waals surface area (Å²) < 4.78 is 12.1. The molecule has 0 bridgehead atoms. The summed E-state index contributed by atoms with van der Waals surface area (Å²) in [6.45, 7) is 16.8. The predicted octanol–water partition coefficient (Wildman–Crippen LogP) is 4.60. The molecule has 1 aliphatic rings. The molecule has 1 N–H and O–H groups in total. The van der Waals surface area contributed by atoms with Gasteiger partial charge >= 0.3 is 6.09 Å². The molecule has 0 radical (unpaired) electrons. The molecular weight excluding hydrogens is 370 g/mol. The topological polar surface area (TPSA) is 59.0 Å². The smallest absolute Gasteiger partial charge is 0.410 e. The lowest BCUT2D eigenvalue weighted by molar-refractivity contribution is 0.0143. The molecule has 6 heteroatoms. The molecule has 3 atom stereocenters. The van der Waals surface area contributed by atoms with Gasteiger partial charge in [0.15, 0.2) is 8.32 Å². The number of aliphatic hydroxyl groups excluding tert-OH is 1. The molecule has 28 heavy (non-hydrogen) atoms. The second kappa shape index (κ2) is 8.17. The molecule has 0 saturated carbocycles. The molecule has 1 aromatic carbocycles. The van der Waals surface area contributed by atoms with E-state index in [1.165, 1.54) is 0 Å². The van der Waals surface area contributed by atoms with E-state index in [9.17, 15) is 9.90 Å². The van der Waals surface area contributed by atoms with Gasteiger partial charge in [-0.05, 0) is 50.9 Å². The Morgan fingerprint density at radius 1 is 1.14 bits per heavy atom. The summed E-state index contributed by atoms with van der Waals surface area (Å²) in [5.41, 5.74) is 0.491. The first-order valence-corrected chi connectivity index (χ1v) is 13.0. The van der Waals surface area contributed by atoms with E-state index in [1.807, 2.05) is 51.1 Å². The number of nitrogens with zero attached hydrogens (tertiary/aromatic N) is 1. The van der Waals surface area contributed by atoms with E-state index < -0.39 is 32.2 Å². The van der Waals surface area contributed by atoms with Crippen molar-refractivity contribution in [1.82, 2.24) is 4.90 Å². The van der Waals surface area contributed by atoms with Gasteiger partial charge in [0.25, 0.3) is 0 Å². The minimum atomic E-state index is -2.08. The summed E-state index contributed by atoms with van der Waals surface area (Å²) >= 11 is 0. The average Bonchev–Trinajstić information content (AvgIpc) is 2.82. The highest BCUT2D eigenvalue weighted by atomic mass is 28.4. The van der Waals surface area contributed by atoms with Crippen LogP contribution in [0.2, 0.25) is 18.1 Å². The summed E-state index contributed by atoms with van der Waals surface area (Å²) in [6, 6.07) is 9.57. The van der Waals surface area contributed by atoms with Crippen LogP contribution in [0.25, 0.3) is 0 Å². The molecule has 0 aromatic heterocycles. The van der Waals surface area contributed by atoms with Gasteiger partial charge in [-0.25, -0.2) is 4.79 Å². The first-order chi connectivity index (χ1) is 12.7. The van der Waals surface area contributed by atoms with Crippen molar-refractivity contribution in [3.05, 3.63) is 35.9 Å². The number of aliphatic hydroxyl groups is 1. The van der Waals surface area contributed by atoms with Crippen LogP contribution in [-0.4, -0.2) is 54.8 Å². The Morgan fingerprint density at radius 2 is 1.71 bits per heavy atom. The zero-order chi connectivity index (χ0) is 21.3. The SMILES string of the molecule is CC(C)(C)OC(=O)N1C[C@H](O[Si](C)(C)C(C)(C)C)[C@@H](O)[C@H]1Cc1ccccc1. The van der Waals surface area contributed by atoms with Gasteiger partial charge in [0.05, 0.1) is 18.7 Å². The van der Waals surface area contributed by atoms with Gasteiger partial charge in [-0.2, -0.15) is 0 Å². The molecule has 1 amide bonds. The van der Waals surface area contributed by atoms with Crippen molar-refractivity contribution >= 4 is 14.4 Å². The van der Waals surface area contributed by atoms with Crippen molar-refractivity contribution in [3.63, 3.8) is 0 Å². The molecule has 1 fully saturated rings. The van der Waals surface area contributed by atoms with Crippen LogP contribution in [0.15, 0.2) is 30.3 Å². The number of amides is 1. The molecular formula is C22H37NO4Si. The lowest BCUT2D eigenvalue weighted by atomic mass is 10.0. The Kier molecular flexibility index (Phi) is 6.68. The maximum atomic E-state index is 12.9. The second-order valence-electron chi connectivity index (χ2n) is 10.3. The van der Waals surface area contributed by atoms with Crippen LogP contribution in [-0.2, 0) is 15.6 Å². The highest BCUT2D eigenvalue weighted by Gasteiger charge is 2.49. The van der Waals surface area contributed by atoms with E-state index in [2.05, 4.69) is 33.9 Å². The van der Waals surface area contributed by atoms with Crippen molar-refractivity contribution in [1.29, 1.82) is 0 Å². The number of hydrogen-bond acceptors (Lipinski definition) is 4. The van der Waals surface area contributed by atoms with Crippen LogP contribution < -0.4 is 0 Å². The number of likely N-dealkylation sites (tertiary alicyclic amines) is 1. The third-order valence-corrected chi connectivity index (χ3v) is 10.2. The van der Waals surface area contributed by atoms with Crippen LogP contribution in [0.3, 0.4) is 0 Å². The van der Waals surface area contributed by atoms with Crippen LogP contribution >= 0.6 is 0 Å². The van der Waals surface area contributed by atoms with Gasteiger partial charge in [0.1, 0.15) is 11.7 Å². The van der Waals surface area contributed by atoms with Gasteiger partial charge in [0.2, 0.25) is 0 Å². The van der Waals surface area contributed by atoms with Crippen LogP contribution in [0.4, 0.5) is 4.79 Å². The summed E-state index contributed by atoms with van der Waals surface area (Å²) in [4.78, 5) is 14.5. The fraction of sp³-hybridized carbons (Fsp3) is 0.682. The Bertz CT molecular complexity index is 663. The lowest BCUT2D eigenvalue weighted by Gasteiger charge is -2.39. The maximum absolute atomic E-state index is 12.9. The molecule has 0 unspecified atom stereocenters. The number of hydrogen-bond donors (Lipinski definition) is 1. The van der Waals surface area contributed by atoms with Gasteiger partial charge in [-0.1, -0.05) is 51.1 Å². The van der Waals surface area contributed by atoms with Crippen LogP contribution in [0.1, 0.15) is 47.1 Å². The number of ether oxygens (including phenoxy) is 1. The van der Waals surface area contributed by atoms with E-state index in [4.69, 9.17) is 9.16 Å². The molecule has 1 aliphatic heterocycles. The van der Waals surface area contributed by atoms with Crippen LogP contribution in [0, 0.1) is 0 Å². The van der Waals surface area contributed by atoms with E-state index in [0.717, 1.165) is 5.56 Å². The van der Waals surface area contributed by atoms with E-state index in [1.54, 1.807) is 4.90 Å². The first kappa shape index (κ1) is 22.9. The fourth-order valence-corrected chi connectivity index (χ4v) is 4.47. The minimum Gasteiger partial charge on any atom is -0.444 e. The summed E-state index contributed by atoms with van der Waals surface area (Å²) in [5.74, 6) is 0.